The van der Waals surface area contributed by atoms with Gasteiger partial charge >= 0.3 is 0 Å². The number of amides is 1. The second-order valence-corrected chi connectivity index (χ2v) is 4.73. The van der Waals surface area contributed by atoms with E-state index in [0.717, 1.165) is 0 Å². The predicted octanol–water partition coefficient (Wildman–Crippen LogP) is 1.14. The molecular weight excluding hydrogens is 314 g/mol. The number of methoxy groups -OCH3 is 1. The minimum Gasteiger partial charge on any atom is -0.480 e. The van der Waals surface area contributed by atoms with Gasteiger partial charge in [-0.05, 0) is 22.0 Å². The first-order valence-electron chi connectivity index (χ1n) is 5.37. The van der Waals surface area contributed by atoms with Crippen LogP contribution >= 0.6 is 15.9 Å². The van der Waals surface area contributed by atoms with Gasteiger partial charge in [0.1, 0.15) is 0 Å². The van der Waals surface area contributed by atoms with Crippen molar-refractivity contribution in [2.45, 2.75) is 0 Å². The van der Waals surface area contributed by atoms with Crippen LogP contribution in [0, 0.1) is 0 Å². The molecule has 0 N–H and O–H groups in total. The minimum absolute atomic E-state index is 0.178. The van der Waals surface area contributed by atoms with E-state index in [0.29, 0.717) is 22.0 Å². The summed E-state index contributed by atoms with van der Waals surface area (Å²) in [6, 6.07) is 1.61. The SMILES string of the molecule is COc1nc(-n2ccc(C(=O)N(C)C)n2)ncc1Br. The molecule has 0 aliphatic carbocycles. The van der Waals surface area contributed by atoms with Gasteiger partial charge in [-0.25, -0.2) is 9.67 Å². The standard InChI is InChI=1S/C11H12BrN5O2/c1-16(2)10(18)8-4-5-17(15-8)11-13-6-7(12)9(14-11)19-3/h4-6H,1-3H3. The van der Waals surface area contributed by atoms with Crippen LogP contribution in [0.2, 0.25) is 0 Å². The molecule has 7 nitrogen and oxygen atoms in total. The zero-order chi connectivity index (χ0) is 14.0. The fraction of sp³-hybridized carbons (Fsp3) is 0.273. The lowest BCUT2D eigenvalue weighted by atomic mass is 10.4. The molecule has 2 aromatic rings. The Hall–Kier alpha value is -1.96. The molecule has 0 bridgehead atoms. The van der Waals surface area contributed by atoms with Crippen molar-refractivity contribution in [2.24, 2.45) is 0 Å². The van der Waals surface area contributed by atoms with E-state index in [2.05, 4.69) is 31.0 Å². The lowest BCUT2D eigenvalue weighted by Crippen LogP contribution is -2.22. The van der Waals surface area contributed by atoms with E-state index in [4.69, 9.17) is 4.74 Å². The Bertz CT molecular complexity index is 611. The van der Waals surface area contributed by atoms with Gasteiger partial charge in [-0.1, -0.05) is 0 Å². The molecule has 2 heterocycles. The average molecular weight is 326 g/mol. The van der Waals surface area contributed by atoms with Crippen LogP contribution in [0.3, 0.4) is 0 Å². The monoisotopic (exact) mass is 325 g/mol. The molecule has 0 aliphatic heterocycles. The molecule has 2 aromatic heterocycles. The minimum atomic E-state index is -0.178. The fourth-order valence-corrected chi connectivity index (χ4v) is 1.73. The van der Waals surface area contributed by atoms with E-state index in [1.165, 1.54) is 16.7 Å². The van der Waals surface area contributed by atoms with E-state index in [1.807, 2.05) is 0 Å². The molecule has 0 unspecified atom stereocenters. The van der Waals surface area contributed by atoms with Gasteiger partial charge in [-0.15, -0.1) is 0 Å². The molecule has 0 atom stereocenters. The summed E-state index contributed by atoms with van der Waals surface area (Å²) in [6.45, 7) is 0. The molecule has 0 radical (unpaired) electrons. The van der Waals surface area contributed by atoms with Crippen molar-refractivity contribution in [3.8, 4) is 11.8 Å². The van der Waals surface area contributed by atoms with Crippen molar-refractivity contribution in [3.63, 3.8) is 0 Å². The third-order valence-corrected chi connectivity index (χ3v) is 2.86. The van der Waals surface area contributed by atoms with E-state index in [-0.39, 0.29) is 5.91 Å². The van der Waals surface area contributed by atoms with Crippen LogP contribution in [0.5, 0.6) is 5.88 Å². The normalized spacial score (nSPS) is 10.3. The Morgan fingerprint density at radius 3 is 2.84 bits per heavy atom. The zero-order valence-corrected chi connectivity index (χ0v) is 12.2. The summed E-state index contributed by atoms with van der Waals surface area (Å²) in [6.07, 6.45) is 3.19. The number of hydrogen-bond donors (Lipinski definition) is 0. The lowest BCUT2D eigenvalue weighted by molar-refractivity contribution is 0.0821. The summed E-state index contributed by atoms with van der Waals surface area (Å²) in [7, 11) is 4.85. The molecule has 0 saturated heterocycles. The summed E-state index contributed by atoms with van der Waals surface area (Å²) < 4.78 is 7.16. The second-order valence-electron chi connectivity index (χ2n) is 3.87. The van der Waals surface area contributed by atoms with Crippen LogP contribution in [0.1, 0.15) is 10.5 Å². The lowest BCUT2D eigenvalue weighted by Gasteiger charge is -2.07. The van der Waals surface area contributed by atoms with Crippen molar-refractivity contribution in [1.29, 1.82) is 0 Å². The number of hydrogen-bond acceptors (Lipinski definition) is 5. The van der Waals surface area contributed by atoms with Gasteiger partial charge in [0.15, 0.2) is 5.69 Å². The quantitative estimate of drug-likeness (QED) is 0.846. The van der Waals surface area contributed by atoms with Gasteiger partial charge < -0.3 is 9.64 Å². The third-order valence-electron chi connectivity index (χ3n) is 2.31. The molecule has 100 valence electrons. The number of carbonyl (C=O) groups excluding carboxylic acids is 1. The maximum Gasteiger partial charge on any atom is 0.273 e. The summed E-state index contributed by atoms with van der Waals surface area (Å²) in [5.41, 5.74) is 0.329. The third kappa shape index (κ3) is 2.73. The number of halogens is 1. The highest BCUT2D eigenvalue weighted by atomic mass is 79.9. The summed E-state index contributed by atoms with van der Waals surface area (Å²) >= 11 is 3.27. The Labute approximate surface area is 118 Å². The molecule has 8 heteroatoms. The van der Waals surface area contributed by atoms with Crippen LogP contribution in [0.4, 0.5) is 0 Å². The first-order valence-corrected chi connectivity index (χ1v) is 6.16. The molecule has 0 aliphatic rings. The smallest absolute Gasteiger partial charge is 0.273 e. The Morgan fingerprint density at radius 1 is 1.47 bits per heavy atom. The first-order chi connectivity index (χ1) is 9.02. The maximum atomic E-state index is 11.7. The van der Waals surface area contributed by atoms with Crippen molar-refractivity contribution >= 4 is 21.8 Å². The summed E-state index contributed by atoms with van der Waals surface area (Å²) in [5, 5.41) is 4.14. The first kappa shape index (κ1) is 13.5. The number of nitrogens with zero attached hydrogens (tertiary/aromatic N) is 5. The van der Waals surface area contributed by atoms with Gasteiger partial charge in [-0.2, -0.15) is 10.1 Å². The maximum absolute atomic E-state index is 11.7. The highest BCUT2D eigenvalue weighted by Gasteiger charge is 2.13. The fourth-order valence-electron chi connectivity index (χ4n) is 1.37. The van der Waals surface area contributed by atoms with E-state index >= 15 is 0 Å². The van der Waals surface area contributed by atoms with Crippen LogP contribution in [-0.2, 0) is 0 Å². The van der Waals surface area contributed by atoms with Gasteiger partial charge in [-0.3, -0.25) is 4.79 Å². The van der Waals surface area contributed by atoms with E-state index in [9.17, 15) is 4.79 Å². The highest BCUT2D eigenvalue weighted by Crippen LogP contribution is 2.21. The largest absolute Gasteiger partial charge is 0.480 e. The van der Waals surface area contributed by atoms with Gasteiger partial charge in [0.05, 0.1) is 17.8 Å². The van der Waals surface area contributed by atoms with Crippen molar-refractivity contribution in [3.05, 3.63) is 28.6 Å². The second kappa shape index (κ2) is 5.35. The topological polar surface area (TPSA) is 73.1 Å². The number of ether oxygens (including phenoxy) is 1. The Balaban J connectivity index is 2.35. The van der Waals surface area contributed by atoms with Crippen LogP contribution < -0.4 is 4.74 Å². The van der Waals surface area contributed by atoms with Gasteiger partial charge in [0.25, 0.3) is 11.9 Å². The van der Waals surface area contributed by atoms with Crippen LogP contribution in [-0.4, -0.2) is 51.8 Å². The predicted molar refractivity (Wildman–Crippen MR) is 71.4 cm³/mol. The number of aromatic nitrogens is 4. The summed E-state index contributed by atoms with van der Waals surface area (Å²) in [5.74, 6) is 0.557. The molecule has 19 heavy (non-hydrogen) atoms. The average Bonchev–Trinajstić information content (AvgIpc) is 2.87. The van der Waals surface area contributed by atoms with Gasteiger partial charge in [0, 0.05) is 20.3 Å². The molecule has 0 saturated carbocycles. The van der Waals surface area contributed by atoms with Crippen molar-refractivity contribution in [1.82, 2.24) is 24.6 Å². The molecule has 0 aromatic carbocycles. The van der Waals surface area contributed by atoms with Crippen molar-refractivity contribution in [2.75, 3.05) is 21.2 Å². The van der Waals surface area contributed by atoms with Crippen LogP contribution in [0.15, 0.2) is 22.9 Å². The zero-order valence-electron chi connectivity index (χ0n) is 10.7. The van der Waals surface area contributed by atoms with E-state index in [1.54, 1.807) is 32.6 Å². The van der Waals surface area contributed by atoms with Gasteiger partial charge in [0.2, 0.25) is 5.88 Å². The van der Waals surface area contributed by atoms with Crippen LogP contribution in [0.25, 0.3) is 5.95 Å². The number of rotatable bonds is 3. The molecule has 0 fully saturated rings. The molecule has 2 rings (SSSR count). The Kier molecular flexibility index (Phi) is 3.79. The Morgan fingerprint density at radius 2 is 2.21 bits per heavy atom. The molecular formula is C11H12BrN5O2. The molecule has 0 spiro atoms. The summed E-state index contributed by atoms with van der Waals surface area (Å²) in [4.78, 5) is 21.5. The number of carbonyl (C=O) groups is 1. The van der Waals surface area contributed by atoms with E-state index < -0.39 is 0 Å². The van der Waals surface area contributed by atoms with Crippen molar-refractivity contribution < 1.29 is 9.53 Å². The molecule has 1 amide bonds. The highest BCUT2D eigenvalue weighted by molar-refractivity contribution is 9.10.